The molecule has 0 aliphatic rings. The lowest BCUT2D eigenvalue weighted by molar-refractivity contribution is 0.00532. The number of phosphoric ester groups is 1. The molecule has 3 unspecified atom stereocenters. The number of hydrogen-bond donors (Lipinski definition) is 0. The number of rotatable bonds is 9. The number of alkyl halides is 3. The zero-order chi connectivity index (χ0) is 26.1. The first-order chi connectivity index (χ1) is 16.2. The maximum absolute atomic E-state index is 14.4. The zero-order valence-electron chi connectivity index (χ0n) is 20.6. The Balaban J connectivity index is 2.07. The van der Waals surface area contributed by atoms with Crippen molar-refractivity contribution < 1.29 is 18.1 Å². The van der Waals surface area contributed by atoms with Crippen LogP contribution in [-0.2, 0) is 33.3 Å². The molecule has 0 saturated carbocycles. The Labute approximate surface area is 223 Å². The van der Waals surface area contributed by atoms with Crippen LogP contribution in [0, 0.1) is 20.8 Å². The maximum atomic E-state index is 14.4. The molecule has 3 rings (SSSR count). The molecule has 0 heterocycles. The van der Waals surface area contributed by atoms with Gasteiger partial charge in [0.05, 0.1) is 0 Å². The number of aryl methyl sites for hydroxylation is 3. The van der Waals surface area contributed by atoms with Gasteiger partial charge >= 0.3 is 7.82 Å². The normalized spacial score (nSPS) is 18.7. The van der Waals surface area contributed by atoms with Gasteiger partial charge in [-0.05, 0) is 58.2 Å². The largest absolute Gasteiger partial charge is 0.480 e. The van der Waals surface area contributed by atoms with Gasteiger partial charge in [-0.25, -0.2) is 4.57 Å². The molecule has 0 bridgehead atoms. The molecule has 0 N–H and O–H groups in total. The highest BCUT2D eigenvalue weighted by atomic mass is 35.5. The second-order valence-electron chi connectivity index (χ2n) is 8.92. The highest BCUT2D eigenvalue weighted by Crippen LogP contribution is 2.64. The van der Waals surface area contributed by atoms with Gasteiger partial charge in [-0.15, -0.1) is 0 Å². The van der Waals surface area contributed by atoms with Crippen molar-refractivity contribution in [3.63, 3.8) is 0 Å². The van der Waals surface area contributed by atoms with E-state index in [1.54, 1.807) is 39.0 Å². The van der Waals surface area contributed by atoms with E-state index in [2.05, 4.69) is 0 Å². The maximum Gasteiger partial charge on any atom is 0.480 e. The van der Waals surface area contributed by atoms with E-state index in [9.17, 15) is 4.57 Å². The fourth-order valence-corrected chi connectivity index (χ4v) is 7.12. The van der Waals surface area contributed by atoms with E-state index in [1.165, 1.54) is 0 Å². The summed E-state index contributed by atoms with van der Waals surface area (Å²) in [4.78, 5) is 0. The van der Waals surface area contributed by atoms with Crippen LogP contribution < -0.4 is 0 Å². The number of phosphoric acid groups is 1. The lowest BCUT2D eigenvalue weighted by atomic mass is 10.0. The lowest BCUT2D eigenvalue weighted by Crippen LogP contribution is -2.28. The van der Waals surface area contributed by atoms with Gasteiger partial charge in [-0.3, -0.25) is 13.6 Å². The monoisotopic (exact) mass is 554 g/mol. The van der Waals surface area contributed by atoms with E-state index in [1.807, 2.05) is 75.4 Å². The fourth-order valence-electron chi connectivity index (χ4n) is 4.06. The zero-order valence-corrected chi connectivity index (χ0v) is 23.8. The van der Waals surface area contributed by atoms with Crippen LogP contribution >= 0.6 is 42.6 Å². The molecular formula is C27H30Cl3O4P. The van der Waals surface area contributed by atoms with Crippen molar-refractivity contribution >= 4 is 42.6 Å². The van der Waals surface area contributed by atoms with Crippen molar-refractivity contribution in [1.82, 2.24) is 0 Å². The number of hydrogen-bond acceptors (Lipinski definition) is 4. The van der Waals surface area contributed by atoms with Gasteiger partial charge in [-0.2, -0.15) is 0 Å². The SMILES string of the molecule is Cc1ccccc1C(C)(Cl)OP(=O)(OC(C)(Cl)c1ccccc1C)OC(C)(Cl)c1ccccc1C. The second-order valence-corrected chi connectivity index (χ2v) is 12.5. The van der Waals surface area contributed by atoms with Crippen LogP contribution in [-0.4, -0.2) is 0 Å². The molecule has 0 fully saturated rings. The van der Waals surface area contributed by atoms with Crippen molar-refractivity contribution in [3.8, 4) is 0 Å². The van der Waals surface area contributed by atoms with Crippen LogP contribution in [0.3, 0.4) is 0 Å². The van der Waals surface area contributed by atoms with E-state index in [0.717, 1.165) is 16.7 Å². The van der Waals surface area contributed by atoms with E-state index in [4.69, 9.17) is 48.4 Å². The van der Waals surface area contributed by atoms with Crippen molar-refractivity contribution in [1.29, 1.82) is 0 Å². The van der Waals surface area contributed by atoms with Crippen LogP contribution in [0.1, 0.15) is 54.2 Å². The molecule has 35 heavy (non-hydrogen) atoms. The van der Waals surface area contributed by atoms with Gasteiger partial charge < -0.3 is 0 Å². The Morgan fingerprint density at radius 3 is 1.00 bits per heavy atom. The van der Waals surface area contributed by atoms with E-state index >= 15 is 0 Å². The highest BCUT2D eigenvalue weighted by molar-refractivity contribution is 7.48. The lowest BCUT2D eigenvalue weighted by Gasteiger charge is -2.36. The van der Waals surface area contributed by atoms with Gasteiger partial charge in [0.2, 0.25) is 0 Å². The minimum atomic E-state index is -4.54. The summed E-state index contributed by atoms with van der Waals surface area (Å²) in [5.41, 5.74) is 4.35. The smallest absolute Gasteiger partial charge is 0.260 e. The molecule has 0 saturated heterocycles. The summed E-state index contributed by atoms with van der Waals surface area (Å²) in [7, 11) is -4.54. The Hall–Kier alpha value is -1.36. The quantitative estimate of drug-likeness (QED) is 0.195. The van der Waals surface area contributed by atoms with Crippen LogP contribution in [0.25, 0.3) is 0 Å². The average molecular weight is 556 g/mol. The standard InChI is InChI=1S/C27H30Cl3O4P/c1-19-13-7-10-16-22(19)25(4,28)32-35(31,33-26(5,29)23-17-11-8-14-20(23)2)34-27(6,30)24-18-12-9-15-21(24)3/h7-18H,1-6H3. The molecule has 0 radical (unpaired) electrons. The molecule has 3 aromatic carbocycles. The van der Waals surface area contributed by atoms with Crippen LogP contribution in [0.15, 0.2) is 72.8 Å². The molecule has 188 valence electrons. The molecule has 3 atom stereocenters. The van der Waals surface area contributed by atoms with Crippen molar-refractivity contribution in [2.24, 2.45) is 0 Å². The molecule has 0 aromatic heterocycles. The third kappa shape index (κ3) is 6.70. The molecule has 3 aromatic rings. The Morgan fingerprint density at radius 1 is 0.543 bits per heavy atom. The molecule has 8 heteroatoms. The van der Waals surface area contributed by atoms with Crippen molar-refractivity contribution in [2.45, 2.75) is 56.7 Å². The highest BCUT2D eigenvalue weighted by Gasteiger charge is 2.49. The fraction of sp³-hybridized carbons (Fsp3) is 0.333. The summed E-state index contributed by atoms with van der Waals surface area (Å²) in [6.07, 6.45) is 0. The van der Waals surface area contributed by atoms with Crippen molar-refractivity contribution in [2.75, 3.05) is 0 Å². The predicted molar refractivity (Wildman–Crippen MR) is 144 cm³/mol. The first-order valence-corrected chi connectivity index (χ1v) is 13.7. The molecule has 0 amide bonds. The van der Waals surface area contributed by atoms with Crippen LogP contribution in [0.4, 0.5) is 0 Å². The summed E-state index contributed by atoms with van der Waals surface area (Å²) >= 11 is 20.5. The van der Waals surface area contributed by atoms with E-state index in [0.29, 0.717) is 16.7 Å². The molecule has 0 aliphatic heterocycles. The Bertz CT molecular complexity index is 1090. The summed E-state index contributed by atoms with van der Waals surface area (Å²) in [5, 5.41) is -4.71. The van der Waals surface area contributed by atoms with Gasteiger partial charge in [0, 0.05) is 16.7 Å². The summed E-state index contributed by atoms with van der Waals surface area (Å²) in [6.45, 7) is 10.4. The van der Waals surface area contributed by atoms with Gasteiger partial charge in [-0.1, -0.05) is 108 Å². The minimum Gasteiger partial charge on any atom is -0.260 e. The van der Waals surface area contributed by atoms with E-state index < -0.39 is 23.0 Å². The molecular weight excluding hydrogens is 526 g/mol. The summed E-state index contributed by atoms with van der Waals surface area (Å²) in [5.74, 6) is 0. The second kappa shape index (κ2) is 10.6. The van der Waals surface area contributed by atoms with Crippen LogP contribution in [0.5, 0.6) is 0 Å². The van der Waals surface area contributed by atoms with Crippen LogP contribution in [0.2, 0.25) is 0 Å². The minimum absolute atomic E-state index is 0.605. The molecule has 4 nitrogen and oxygen atoms in total. The van der Waals surface area contributed by atoms with Gasteiger partial charge in [0.25, 0.3) is 0 Å². The van der Waals surface area contributed by atoms with Gasteiger partial charge in [0.15, 0.2) is 15.2 Å². The van der Waals surface area contributed by atoms with E-state index in [-0.39, 0.29) is 0 Å². The first kappa shape index (κ1) is 28.2. The third-order valence-corrected chi connectivity index (χ3v) is 8.66. The van der Waals surface area contributed by atoms with Gasteiger partial charge in [0.1, 0.15) is 0 Å². The Morgan fingerprint density at radius 2 is 0.771 bits per heavy atom. The average Bonchev–Trinajstić information content (AvgIpc) is 2.72. The van der Waals surface area contributed by atoms with Crippen molar-refractivity contribution in [3.05, 3.63) is 106 Å². The third-order valence-electron chi connectivity index (χ3n) is 5.73. The Kier molecular flexibility index (Phi) is 8.51. The molecule has 0 spiro atoms. The summed E-state index contributed by atoms with van der Waals surface area (Å²) < 4.78 is 32.4. The summed E-state index contributed by atoms with van der Waals surface area (Å²) in [6, 6.07) is 22.1. The number of halogens is 3. The topological polar surface area (TPSA) is 44.8 Å². The first-order valence-electron chi connectivity index (χ1n) is 11.1. The number of benzene rings is 3. The predicted octanol–water partition coefficient (Wildman–Crippen LogP) is 9.40. The molecule has 0 aliphatic carbocycles.